The van der Waals surface area contributed by atoms with Crippen LogP contribution in [0.5, 0.6) is 0 Å². The van der Waals surface area contributed by atoms with Crippen LogP contribution in [-0.4, -0.2) is 27.0 Å². The van der Waals surface area contributed by atoms with E-state index < -0.39 is 5.97 Å². The Balaban J connectivity index is 1.63. The molecule has 1 N–H and O–H groups in total. The number of hydrogen-bond donors (Lipinski definition) is 1. The molecule has 0 saturated heterocycles. The monoisotopic (exact) mass is 359 g/mol. The molecule has 2 aromatic heterocycles. The van der Waals surface area contributed by atoms with Crippen molar-refractivity contribution in [3.8, 4) is 11.3 Å². The molecule has 27 heavy (non-hydrogen) atoms. The number of para-hydroxylation sites is 1. The average molecular weight is 359 g/mol. The highest BCUT2D eigenvalue weighted by Crippen LogP contribution is 2.22. The summed E-state index contributed by atoms with van der Waals surface area (Å²) >= 11 is 0. The van der Waals surface area contributed by atoms with Gasteiger partial charge in [-0.15, -0.1) is 0 Å². The maximum Gasteiger partial charge on any atom is 0.335 e. The fraction of sp³-hybridized carbons (Fsp3) is 0. The van der Waals surface area contributed by atoms with E-state index in [1.807, 2.05) is 6.07 Å². The first-order chi connectivity index (χ1) is 13.1. The highest BCUT2D eigenvalue weighted by molar-refractivity contribution is 5.89. The first-order valence-corrected chi connectivity index (χ1v) is 8.06. The van der Waals surface area contributed by atoms with E-state index in [1.54, 1.807) is 42.5 Å². The molecule has 0 aliphatic heterocycles. The van der Waals surface area contributed by atoms with E-state index in [9.17, 15) is 9.59 Å². The number of aromatic nitrogens is 2. The number of furan rings is 1. The van der Waals surface area contributed by atoms with Gasteiger partial charge >= 0.3 is 5.97 Å². The average Bonchev–Trinajstić information content (AvgIpc) is 3.17. The number of fused-ring (bicyclic) bond motifs is 1. The van der Waals surface area contributed by atoms with E-state index in [-0.39, 0.29) is 11.1 Å². The Morgan fingerprint density at radius 3 is 2.81 bits per heavy atom. The zero-order valence-corrected chi connectivity index (χ0v) is 13.9. The molecule has 0 saturated carbocycles. The minimum Gasteiger partial charge on any atom is -0.478 e. The van der Waals surface area contributed by atoms with Crippen molar-refractivity contribution >= 4 is 23.1 Å². The molecule has 4 aromatic rings. The van der Waals surface area contributed by atoms with Gasteiger partial charge < -0.3 is 9.52 Å². The van der Waals surface area contributed by atoms with E-state index in [4.69, 9.17) is 9.52 Å². The Kier molecular flexibility index (Phi) is 4.10. The van der Waals surface area contributed by atoms with Crippen molar-refractivity contribution in [3.05, 3.63) is 88.7 Å². The van der Waals surface area contributed by atoms with Gasteiger partial charge in [-0.05, 0) is 36.4 Å². The molecule has 4 rings (SSSR count). The van der Waals surface area contributed by atoms with Gasteiger partial charge in [0, 0.05) is 5.56 Å². The Morgan fingerprint density at radius 2 is 1.96 bits per heavy atom. The van der Waals surface area contributed by atoms with Crippen LogP contribution in [0.15, 0.2) is 81.3 Å². The predicted molar refractivity (Wildman–Crippen MR) is 100 cm³/mol. The minimum absolute atomic E-state index is 0.174. The zero-order chi connectivity index (χ0) is 18.8. The molecule has 2 heterocycles. The second-order valence-corrected chi connectivity index (χ2v) is 5.74. The zero-order valence-electron chi connectivity index (χ0n) is 13.9. The lowest BCUT2D eigenvalue weighted by Crippen LogP contribution is -2.16. The first-order valence-electron chi connectivity index (χ1n) is 8.06. The van der Waals surface area contributed by atoms with Crippen LogP contribution < -0.4 is 5.56 Å². The standard InChI is InChI=1S/C20H13N3O4/c24-19-16-6-1-2-7-17(16)21-12-23(19)22-11-15-8-9-18(27-15)13-4-3-5-14(10-13)20(25)26/h1-12H,(H,25,26)/b22-11+. The van der Waals surface area contributed by atoms with Crippen LogP contribution in [0, 0.1) is 0 Å². The minimum atomic E-state index is -1.01. The molecule has 132 valence electrons. The summed E-state index contributed by atoms with van der Waals surface area (Å²) in [4.78, 5) is 27.7. The summed E-state index contributed by atoms with van der Waals surface area (Å²) < 4.78 is 6.81. The normalized spacial score (nSPS) is 11.3. The van der Waals surface area contributed by atoms with Gasteiger partial charge in [0.2, 0.25) is 0 Å². The molecule has 0 unspecified atom stereocenters. The van der Waals surface area contributed by atoms with Crippen molar-refractivity contribution in [2.24, 2.45) is 5.10 Å². The molecular formula is C20H13N3O4. The van der Waals surface area contributed by atoms with Gasteiger partial charge in [0.1, 0.15) is 17.8 Å². The van der Waals surface area contributed by atoms with Crippen molar-refractivity contribution in [2.45, 2.75) is 0 Å². The number of rotatable bonds is 4. The highest BCUT2D eigenvalue weighted by atomic mass is 16.4. The van der Waals surface area contributed by atoms with Gasteiger partial charge in [0.25, 0.3) is 5.56 Å². The van der Waals surface area contributed by atoms with Crippen molar-refractivity contribution in [3.63, 3.8) is 0 Å². The van der Waals surface area contributed by atoms with Crippen molar-refractivity contribution < 1.29 is 14.3 Å². The van der Waals surface area contributed by atoms with Gasteiger partial charge in [-0.25, -0.2) is 9.78 Å². The van der Waals surface area contributed by atoms with Crippen LogP contribution in [0.1, 0.15) is 16.1 Å². The summed E-state index contributed by atoms with van der Waals surface area (Å²) in [5, 5.41) is 13.7. The van der Waals surface area contributed by atoms with Crippen LogP contribution >= 0.6 is 0 Å². The molecule has 7 nitrogen and oxygen atoms in total. The summed E-state index contributed by atoms with van der Waals surface area (Å²) in [6.07, 6.45) is 2.75. The Labute approximate surface area is 152 Å². The van der Waals surface area contributed by atoms with Crippen LogP contribution in [0.25, 0.3) is 22.2 Å². The van der Waals surface area contributed by atoms with Gasteiger partial charge in [0.05, 0.1) is 22.7 Å². The van der Waals surface area contributed by atoms with Crippen LogP contribution in [-0.2, 0) is 0 Å². The molecular weight excluding hydrogens is 346 g/mol. The number of carboxylic acids is 1. The van der Waals surface area contributed by atoms with Crippen molar-refractivity contribution in [1.82, 2.24) is 9.66 Å². The molecule has 0 atom stereocenters. The quantitative estimate of drug-likeness (QED) is 0.564. The predicted octanol–water partition coefficient (Wildman–Crippen LogP) is 3.24. The third-order valence-electron chi connectivity index (χ3n) is 3.98. The van der Waals surface area contributed by atoms with Crippen molar-refractivity contribution in [1.29, 1.82) is 0 Å². The van der Waals surface area contributed by atoms with E-state index in [0.29, 0.717) is 28.0 Å². The van der Waals surface area contributed by atoms with Crippen LogP contribution in [0.2, 0.25) is 0 Å². The van der Waals surface area contributed by atoms with Crippen LogP contribution in [0.3, 0.4) is 0 Å². The summed E-state index contributed by atoms with van der Waals surface area (Å²) in [5.74, 6) is -0.0808. The van der Waals surface area contributed by atoms with Crippen LogP contribution in [0.4, 0.5) is 0 Å². The third-order valence-corrected chi connectivity index (χ3v) is 3.98. The lowest BCUT2D eigenvalue weighted by molar-refractivity contribution is 0.0697. The Bertz CT molecular complexity index is 1240. The fourth-order valence-electron chi connectivity index (χ4n) is 2.64. The third kappa shape index (κ3) is 3.25. The maximum atomic E-state index is 12.4. The Hall–Kier alpha value is -4.00. The fourth-order valence-corrected chi connectivity index (χ4v) is 2.64. The molecule has 0 fully saturated rings. The summed E-state index contributed by atoms with van der Waals surface area (Å²) in [5.41, 5.74) is 1.14. The molecule has 0 amide bonds. The molecule has 0 aliphatic rings. The summed E-state index contributed by atoms with van der Waals surface area (Å²) in [6, 6.07) is 16.9. The van der Waals surface area contributed by atoms with Gasteiger partial charge in [-0.1, -0.05) is 24.3 Å². The second-order valence-electron chi connectivity index (χ2n) is 5.74. The van der Waals surface area contributed by atoms with Gasteiger partial charge in [-0.3, -0.25) is 4.79 Å². The first kappa shape index (κ1) is 16.5. The number of aromatic carboxylic acids is 1. The SMILES string of the molecule is O=C(O)c1cccc(-c2ccc(/C=N/n3cnc4ccccc4c3=O)o2)c1. The van der Waals surface area contributed by atoms with Gasteiger partial charge in [-0.2, -0.15) is 9.78 Å². The number of nitrogens with zero attached hydrogens (tertiary/aromatic N) is 3. The number of carbonyl (C=O) groups is 1. The van der Waals surface area contributed by atoms with E-state index in [0.717, 1.165) is 4.68 Å². The molecule has 0 aliphatic carbocycles. The number of carboxylic acid groups (broad SMARTS) is 1. The molecule has 2 aromatic carbocycles. The number of benzene rings is 2. The summed E-state index contributed by atoms with van der Waals surface area (Å²) in [7, 11) is 0. The number of hydrogen-bond acceptors (Lipinski definition) is 5. The highest BCUT2D eigenvalue weighted by Gasteiger charge is 2.08. The Morgan fingerprint density at radius 1 is 1.11 bits per heavy atom. The topological polar surface area (TPSA) is 97.7 Å². The van der Waals surface area contributed by atoms with Crippen molar-refractivity contribution in [2.75, 3.05) is 0 Å². The smallest absolute Gasteiger partial charge is 0.335 e. The largest absolute Gasteiger partial charge is 0.478 e. The molecule has 0 spiro atoms. The molecule has 0 radical (unpaired) electrons. The lowest BCUT2D eigenvalue weighted by Gasteiger charge is -2.00. The molecule has 0 bridgehead atoms. The van der Waals surface area contributed by atoms with Gasteiger partial charge in [0.15, 0.2) is 0 Å². The maximum absolute atomic E-state index is 12.4. The second kappa shape index (κ2) is 6.72. The van der Waals surface area contributed by atoms with E-state index in [1.165, 1.54) is 24.7 Å². The summed E-state index contributed by atoms with van der Waals surface area (Å²) in [6.45, 7) is 0. The lowest BCUT2D eigenvalue weighted by atomic mass is 10.1. The van der Waals surface area contributed by atoms with E-state index in [2.05, 4.69) is 10.1 Å². The molecule has 7 heteroatoms. The van der Waals surface area contributed by atoms with E-state index >= 15 is 0 Å².